The van der Waals surface area contributed by atoms with E-state index in [2.05, 4.69) is 40.8 Å². The van der Waals surface area contributed by atoms with E-state index in [1.165, 1.54) is 19.3 Å². The van der Waals surface area contributed by atoms with Gasteiger partial charge in [0.15, 0.2) is 14.6 Å². The Morgan fingerprint density at radius 1 is 1.00 bits per heavy atom. The van der Waals surface area contributed by atoms with Crippen molar-refractivity contribution in [2.24, 2.45) is 11.8 Å². The quantitative estimate of drug-likeness (QED) is 0.131. The summed E-state index contributed by atoms with van der Waals surface area (Å²) >= 11 is 0. The highest BCUT2D eigenvalue weighted by molar-refractivity contribution is 6.74. The average Bonchev–Trinajstić information content (AvgIpc) is 3.12. The maximum Gasteiger partial charge on any atom is 0.303 e. The van der Waals surface area contributed by atoms with Crippen LogP contribution in [0.4, 0.5) is 0 Å². The minimum absolute atomic E-state index is 0.0364. The van der Waals surface area contributed by atoms with Gasteiger partial charge in [-0.25, -0.2) is 0 Å². The van der Waals surface area contributed by atoms with Crippen LogP contribution >= 0.6 is 0 Å². The van der Waals surface area contributed by atoms with Crippen molar-refractivity contribution in [1.29, 1.82) is 0 Å². The molecule has 2 rings (SSSR count). The Labute approximate surface area is 234 Å². The molecule has 38 heavy (non-hydrogen) atoms. The highest BCUT2D eigenvalue weighted by Crippen LogP contribution is 2.43. The van der Waals surface area contributed by atoms with Gasteiger partial charge in [-0.1, -0.05) is 66.2 Å². The van der Waals surface area contributed by atoms with Crippen LogP contribution in [-0.4, -0.2) is 55.7 Å². The number of rotatable bonds is 18. The van der Waals surface area contributed by atoms with Crippen LogP contribution in [0.25, 0.3) is 0 Å². The van der Waals surface area contributed by atoms with Crippen molar-refractivity contribution in [3.63, 3.8) is 0 Å². The van der Waals surface area contributed by atoms with E-state index < -0.39 is 14.3 Å². The molecule has 7 heteroatoms. The lowest BCUT2D eigenvalue weighted by Crippen LogP contribution is -2.44. The standard InChI is InChI=1S/C31H60O6Si/c1-7-8-11-16-24(37-38(5,6)31(2,3)4)20-21-26-25(17-12-9-10-13-18-29(33)34)27(32)23-28(26)36-30-19-14-15-22-35-30/h24-28,30,32H,7-23H2,1-6H3,(H,33,34)/t24?,25-,26-,27+,28?,30?/m1/s1. The number of aliphatic carboxylic acids is 1. The van der Waals surface area contributed by atoms with E-state index in [1.807, 2.05) is 0 Å². The maximum absolute atomic E-state index is 11.1. The van der Waals surface area contributed by atoms with Crippen molar-refractivity contribution in [2.45, 2.75) is 173 Å². The van der Waals surface area contributed by atoms with Crippen LogP contribution in [0.15, 0.2) is 0 Å². The molecular weight excluding hydrogens is 496 g/mol. The fourth-order valence-corrected chi connectivity index (χ4v) is 7.41. The molecule has 0 bridgehead atoms. The minimum atomic E-state index is -1.87. The summed E-state index contributed by atoms with van der Waals surface area (Å²) in [6.07, 6.45) is 15.5. The van der Waals surface area contributed by atoms with Gasteiger partial charge >= 0.3 is 5.97 Å². The first-order valence-corrected chi connectivity index (χ1v) is 18.7. The Hall–Kier alpha value is -0.473. The van der Waals surface area contributed by atoms with Gasteiger partial charge in [0.05, 0.1) is 12.2 Å². The summed E-state index contributed by atoms with van der Waals surface area (Å²) in [6.45, 7) is 14.7. The molecule has 1 saturated heterocycles. The van der Waals surface area contributed by atoms with Gasteiger partial charge in [-0.05, 0) is 81.3 Å². The molecule has 2 aliphatic rings. The van der Waals surface area contributed by atoms with E-state index in [9.17, 15) is 9.90 Å². The zero-order chi connectivity index (χ0) is 28.2. The molecule has 6 nitrogen and oxygen atoms in total. The third kappa shape index (κ3) is 11.6. The number of aliphatic hydroxyl groups excluding tert-OH is 1. The monoisotopic (exact) mass is 556 g/mol. The van der Waals surface area contributed by atoms with Crippen LogP contribution in [0, 0.1) is 11.8 Å². The van der Waals surface area contributed by atoms with Gasteiger partial charge in [0.25, 0.3) is 0 Å². The van der Waals surface area contributed by atoms with E-state index in [-0.39, 0.29) is 42.0 Å². The van der Waals surface area contributed by atoms with E-state index in [0.717, 1.165) is 77.2 Å². The first-order valence-electron chi connectivity index (χ1n) is 15.8. The van der Waals surface area contributed by atoms with Crippen LogP contribution in [0.1, 0.15) is 130 Å². The predicted octanol–water partition coefficient (Wildman–Crippen LogP) is 8.07. The third-order valence-corrected chi connectivity index (χ3v) is 13.9. The van der Waals surface area contributed by atoms with Crippen molar-refractivity contribution >= 4 is 14.3 Å². The fraction of sp³-hybridized carbons (Fsp3) is 0.968. The van der Waals surface area contributed by atoms with Gasteiger partial charge in [0.2, 0.25) is 0 Å². The number of hydrogen-bond acceptors (Lipinski definition) is 5. The van der Waals surface area contributed by atoms with Crippen LogP contribution in [0.3, 0.4) is 0 Å². The zero-order valence-corrected chi connectivity index (χ0v) is 26.5. The highest BCUT2D eigenvalue weighted by atomic mass is 28.4. The van der Waals surface area contributed by atoms with E-state index in [0.29, 0.717) is 12.3 Å². The Morgan fingerprint density at radius 3 is 2.37 bits per heavy atom. The van der Waals surface area contributed by atoms with Crippen molar-refractivity contribution in [3.05, 3.63) is 0 Å². The number of unbranched alkanes of at least 4 members (excludes halogenated alkanes) is 5. The summed E-state index contributed by atoms with van der Waals surface area (Å²) in [4.78, 5) is 10.8. The first-order chi connectivity index (χ1) is 17.9. The Kier molecular flexibility index (Phi) is 14.8. The molecule has 3 unspecified atom stereocenters. The molecule has 2 fully saturated rings. The lowest BCUT2D eigenvalue weighted by molar-refractivity contribution is -0.196. The van der Waals surface area contributed by atoms with E-state index in [1.54, 1.807) is 0 Å². The molecule has 0 radical (unpaired) electrons. The van der Waals surface area contributed by atoms with Crippen LogP contribution in [0.2, 0.25) is 18.1 Å². The van der Waals surface area contributed by atoms with Crippen molar-refractivity contribution in [2.75, 3.05) is 6.61 Å². The highest BCUT2D eigenvalue weighted by Gasteiger charge is 2.44. The van der Waals surface area contributed by atoms with Gasteiger partial charge < -0.3 is 24.1 Å². The number of aliphatic hydroxyl groups is 1. The van der Waals surface area contributed by atoms with Gasteiger partial charge in [-0.3, -0.25) is 4.79 Å². The molecule has 2 N–H and O–H groups in total. The number of carboxylic acids is 1. The van der Waals surface area contributed by atoms with Crippen molar-refractivity contribution < 1.29 is 28.9 Å². The molecule has 6 atom stereocenters. The molecule has 0 aromatic carbocycles. The molecule has 0 aromatic rings. The summed E-state index contributed by atoms with van der Waals surface area (Å²) < 4.78 is 19.4. The van der Waals surface area contributed by atoms with Crippen LogP contribution in [0.5, 0.6) is 0 Å². The van der Waals surface area contributed by atoms with Crippen molar-refractivity contribution in [1.82, 2.24) is 0 Å². The Bertz CT molecular complexity index is 657. The molecule has 1 heterocycles. The molecule has 1 saturated carbocycles. The molecule has 0 amide bonds. The van der Waals surface area contributed by atoms with Gasteiger partial charge in [-0.2, -0.15) is 0 Å². The lowest BCUT2D eigenvalue weighted by atomic mass is 9.84. The number of carbonyl (C=O) groups is 1. The first kappa shape index (κ1) is 33.7. The second-order valence-electron chi connectivity index (χ2n) is 13.5. The summed E-state index contributed by atoms with van der Waals surface area (Å²) in [5, 5.41) is 20.2. The summed E-state index contributed by atoms with van der Waals surface area (Å²) in [6, 6.07) is 0. The summed E-state index contributed by atoms with van der Waals surface area (Å²) in [5.74, 6) is -0.173. The van der Waals surface area contributed by atoms with Crippen LogP contribution in [-0.2, 0) is 18.7 Å². The van der Waals surface area contributed by atoms with E-state index >= 15 is 0 Å². The molecule has 1 aliphatic heterocycles. The summed E-state index contributed by atoms with van der Waals surface area (Å²) in [7, 11) is -1.87. The molecule has 0 aromatic heterocycles. The van der Waals surface area contributed by atoms with Crippen LogP contribution < -0.4 is 0 Å². The van der Waals surface area contributed by atoms with Crippen molar-refractivity contribution in [3.8, 4) is 0 Å². The molecule has 1 aliphatic carbocycles. The second-order valence-corrected chi connectivity index (χ2v) is 18.3. The van der Waals surface area contributed by atoms with E-state index in [4.69, 9.17) is 19.0 Å². The zero-order valence-electron chi connectivity index (χ0n) is 25.5. The normalized spacial score (nSPS) is 27.5. The topological polar surface area (TPSA) is 85.2 Å². The lowest BCUT2D eigenvalue weighted by Gasteiger charge is -2.40. The minimum Gasteiger partial charge on any atom is -0.481 e. The average molecular weight is 557 g/mol. The Balaban J connectivity index is 2.06. The number of hydrogen-bond donors (Lipinski definition) is 2. The largest absolute Gasteiger partial charge is 0.481 e. The number of carboxylic acid groups (broad SMARTS) is 1. The summed E-state index contributed by atoms with van der Waals surface area (Å²) in [5.41, 5.74) is 0. The molecule has 0 spiro atoms. The predicted molar refractivity (Wildman–Crippen MR) is 157 cm³/mol. The maximum atomic E-state index is 11.1. The van der Waals surface area contributed by atoms with Gasteiger partial charge in [0, 0.05) is 25.6 Å². The Morgan fingerprint density at radius 2 is 1.74 bits per heavy atom. The molecular formula is C31H60O6Si. The third-order valence-electron chi connectivity index (χ3n) is 9.36. The number of ether oxygens (including phenoxy) is 2. The smallest absolute Gasteiger partial charge is 0.303 e. The fourth-order valence-electron chi connectivity index (χ4n) is 5.99. The molecule has 224 valence electrons. The SMILES string of the molecule is CCCCCC(CC[C@H]1C(OC2CCCCO2)C[C@H](O)[C@@H]1CCCCCCC(=O)O)O[Si](C)(C)C(C)(C)C. The van der Waals surface area contributed by atoms with Gasteiger partial charge in [0.1, 0.15) is 0 Å². The van der Waals surface area contributed by atoms with Gasteiger partial charge in [-0.15, -0.1) is 0 Å². The second kappa shape index (κ2) is 16.7.